The van der Waals surface area contributed by atoms with Crippen molar-refractivity contribution in [3.8, 4) is 0 Å². The van der Waals surface area contributed by atoms with Crippen molar-refractivity contribution in [2.24, 2.45) is 0 Å². The highest BCUT2D eigenvalue weighted by Crippen LogP contribution is 2.25. The first-order valence-electron chi connectivity index (χ1n) is 13.1. The molecular weight excluding hydrogens is 524 g/mol. The highest BCUT2D eigenvalue weighted by atomic mass is 16.5. The fourth-order valence-electron chi connectivity index (χ4n) is 4.45. The van der Waals surface area contributed by atoms with Crippen LogP contribution in [0.4, 0.5) is 5.95 Å². The van der Waals surface area contributed by atoms with Crippen molar-refractivity contribution >= 4 is 56.8 Å². The van der Waals surface area contributed by atoms with Crippen LogP contribution in [0.25, 0.3) is 39.0 Å². The number of rotatable bonds is 13. The highest BCUT2D eigenvalue weighted by Gasteiger charge is 2.15. The van der Waals surface area contributed by atoms with Crippen LogP contribution in [0.1, 0.15) is 16.1 Å². The predicted octanol–water partition coefficient (Wildman–Crippen LogP) is 2.33. The van der Waals surface area contributed by atoms with Gasteiger partial charge in [-0.2, -0.15) is 4.98 Å². The molecule has 5 rings (SSSR count). The maximum absolute atomic E-state index is 13.1. The number of nitrogens with one attached hydrogen (secondary N) is 2. The van der Waals surface area contributed by atoms with Crippen molar-refractivity contribution in [1.29, 1.82) is 0 Å². The molecule has 41 heavy (non-hydrogen) atoms. The fraction of sp³-hybridized carbons (Fsp3) is 0.241. The summed E-state index contributed by atoms with van der Waals surface area (Å²) in [4.78, 5) is 42.6. The molecule has 2 amide bonds. The van der Waals surface area contributed by atoms with Crippen LogP contribution in [0.3, 0.4) is 0 Å². The Morgan fingerprint density at radius 1 is 0.878 bits per heavy atom. The number of nitrogens with two attached hydrogens (primary N) is 1. The summed E-state index contributed by atoms with van der Waals surface area (Å²) in [6.07, 6.45) is 3.06. The van der Waals surface area contributed by atoms with Gasteiger partial charge in [0.25, 0.3) is 5.91 Å². The number of imidazole rings is 1. The van der Waals surface area contributed by atoms with Gasteiger partial charge in [0, 0.05) is 23.9 Å². The number of carbonyl (C=O) groups is 2. The number of amides is 2. The van der Waals surface area contributed by atoms with Gasteiger partial charge >= 0.3 is 0 Å². The molecule has 4 N–H and O–H groups in total. The summed E-state index contributed by atoms with van der Waals surface area (Å²) >= 11 is 0. The van der Waals surface area contributed by atoms with Crippen LogP contribution in [0.2, 0.25) is 0 Å². The molecule has 0 saturated heterocycles. The molecule has 12 heteroatoms. The molecule has 0 unspecified atom stereocenters. The molecule has 0 spiro atoms. The lowest BCUT2D eigenvalue weighted by Crippen LogP contribution is -2.31. The Balaban J connectivity index is 0.986. The summed E-state index contributed by atoms with van der Waals surface area (Å²) in [6.45, 7) is 5.81. The molecule has 3 aromatic heterocycles. The third-order valence-electron chi connectivity index (χ3n) is 6.30. The van der Waals surface area contributed by atoms with Crippen LogP contribution in [-0.4, -0.2) is 75.8 Å². The van der Waals surface area contributed by atoms with E-state index in [1.54, 1.807) is 10.6 Å². The molecule has 0 radical (unpaired) electrons. The Kier molecular flexibility index (Phi) is 8.72. The summed E-state index contributed by atoms with van der Waals surface area (Å²) in [5.74, 6) is -0.299. The standard InChI is InChI=1S/C29H30N8O4/c1-2-21-26-27(36-29(30)35-21)37(18-33-26)17-24(38)31-11-13-40-15-16-41-14-12-32-28(39)25-19-7-3-5-9-22(19)34-23-10-6-4-8-20(23)25/h2-10,18H,1,11-17H2,(H,31,38)(H,32,39)(H2,30,35,36). The van der Waals surface area contributed by atoms with Crippen molar-refractivity contribution < 1.29 is 19.1 Å². The van der Waals surface area contributed by atoms with Crippen LogP contribution in [0.15, 0.2) is 61.4 Å². The van der Waals surface area contributed by atoms with Gasteiger partial charge < -0.3 is 30.4 Å². The van der Waals surface area contributed by atoms with Crippen LogP contribution in [0, 0.1) is 0 Å². The average Bonchev–Trinajstić information content (AvgIpc) is 3.38. The predicted molar refractivity (Wildman–Crippen MR) is 156 cm³/mol. The number of ether oxygens (including phenoxy) is 2. The molecule has 5 aromatic rings. The minimum absolute atomic E-state index is 0.0312. The van der Waals surface area contributed by atoms with Gasteiger partial charge in [0.15, 0.2) is 5.65 Å². The van der Waals surface area contributed by atoms with Gasteiger partial charge in [-0.05, 0) is 18.2 Å². The number of pyridine rings is 1. The van der Waals surface area contributed by atoms with E-state index in [0.717, 1.165) is 21.8 Å². The average molecular weight is 555 g/mol. The first-order chi connectivity index (χ1) is 20.0. The Morgan fingerprint density at radius 2 is 1.51 bits per heavy atom. The SMILES string of the molecule is C=Cc1nc(N)nc2c1ncn2CC(=O)NCCOCCOCCNC(=O)c1c2ccccc2nc2ccccc12. The van der Waals surface area contributed by atoms with Gasteiger partial charge in [-0.1, -0.05) is 43.0 Å². The number of nitrogens with zero attached hydrogens (tertiary/aromatic N) is 5. The third-order valence-corrected chi connectivity index (χ3v) is 6.30. The van der Waals surface area contributed by atoms with E-state index >= 15 is 0 Å². The van der Waals surface area contributed by atoms with Crippen molar-refractivity contribution in [3.05, 3.63) is 72.7 Å². The monoisotopic (exact) mass is 554 g/mol. The van der Waals surface area contributed by atoms with E-state index in [4.69, 9.17) is 15.2 Å². The summed E-state index contributed by atoms with van der Waals surface area (Å²) in [6, 6.07) is 15.2. The van der Waals surface area contributed by atoms with Crippen LogP contribution < -0.4 is 16.4 Å². The molecule has 0 aliphatic carbocycles. The minimum atomic E-state index is -0.216. The zero-order valence-electron chi connectivity index (χ0n) is 22.4. The molecule has 2 aromatic carbocycles. The molecule has 210 valence electrons. The number of hydrogen-bond acceptors (Lipinski definition) is 9. The van der Waals surface area contributed by atoms with Crippen molar-refractivity contribution in [1.82, 2.24) is 35.1 Å². The summed E-state index contributed by atoms with van der Waals surface area (Å²) < 4.78 is 12.7. The Bertz CT molecular complexity index is 1660. The second-order valence-corrected chi connectivity index (χ2v) is 9.07. The Labute approximate surface area is 235 Å². The smallest absolute Gasteiger partial charge is 0.252 e. The first kappa shape index (κ1) is 27.6. The summed E-state index contributed by atoms with van der Waals surface area (Å²) in [7, 11) is 0. The van der Waals surface area contributed by atoms with Crippen molar-refractivity contribution in [2.45, 2.75) is 6.54 Å². The number of nitrogen functional groups attached to an aromatic ring is 1. The topological polar surface area (TPSA) is 159 Å². The molecule has 0 fully saturated rings. The molecule has 0 aliphatic heterocycles. The molecular formula is C29H30N8O4. The van der Waals surface area contributed by atoms with Gasteiger partial charge in [0.2, 0.25) is 11.9 Å². The largest absolute Gasteiger partial charge is 0.377 e. The maximum Gasteiger partial charge on any atom is 0.252 e. The number of para-hydroxylation sites is 2. The third kappa shape index (κ3) is 6.45. The van der Waals surface area contributed by atoms with Crippen molar-refractivity contribution in [3.63, 3.8) is 0 Å². The Morgan fingerprint density at radius 3 is 2.17 bits per heavy atom. The number of hydrogen-bond donors (Lipinski definition) is 3. The van der Waals surface area contributed by atoms with Crippen LogP contribution in [-0.2, 0) is 20.8 Å². The molecule has 3 heterocycles. The van der Waals surface area contributed by atoms with Crippen molar-refractivity contribution in [2.75, 3.05) is 45.3 Å². The molecule has 0 bridgehead atoms. The van der Waals surface area contributed by atoms with E-state index in [1.165, 1.54) is 6.33 Å². The molecule has 12 nitrogen and oxygen atoms in total. The van der Waals surface area contributed by atoms with E-state index in [0.29, 0.717) is 61.9 Å². The van der Waals surface area contributed by atoms with Gasteiger partial charge in [-0.3, -0.25) is 9.59 Å². The zero-order valence-corrected chi connectivity index (χ0v) is 22.4. The quantitative estimate of drug-likeness (QED) is 0.147. The number of carbonyl (C=O) groups excluding carboxylic acids is 2. The van der Waals surface area contributed by atoms with E-state index in [9.17, 15) is 9.59 Å². The number of aromatic nitrogens is 5. The lowest BCUT2D eigenvalue weighted by Gasteiger charge is -2.12. The molecule has 0 atom stereocenters. The fourth-order valence-corrected chi connectivity index (χ4v) is 4.45. The van der Waals surface area contributed by atoms with E-state index in [2.05, 4.69) is 37.1 Å². The second-order valence-electron chi connectivity index (χ2n) is 9.07. The maximum atomic E-state index is 13.1. The van der Waals surface area contributed by atoms with Gasteiger partial charge in [0.05, 0.1) is 55.0 Å². The van der Waals surface area contributed by atoms with Crippen LogP contribution in [0.5, 0.6) is 0 Å². The van der Waals surface area contributed by atoms with Gasteiger partial charge in [-0.15, -0.1) is 0 Å². The summed E-state index contributed by atoms with van der Waals surface area (Å²) in [5, 5.41) is 7.35. The lowest BCUT2D eigenvalue weighted by molar-refractivity contribution is -0.121. The Hall–Kier alpha value is -4.94. The number of benzene rings is 2. The first-order valence-corrected chi connectivity index (χ1v) is 13.1. The molecule has 0 saturated carbocycles. The second kappa shape index (κ2) is 12.9. The zero-order chi connectivity index (χ0) is 28.6. The number of fused-ring (bicyclic) bond motifs is 3. The number of anilines is 1. The van der Waals surface area contributed by atoms with Gasteiger partial charge in [-0.25, -0.2) is 15.0 Å². The lowest BCUT2D eigenvalue weighted by atomic mass is 10.0. The normalized spacial score (nSPS) is 11.2. The van der Waals surface area contributed by atoms with E-state index in [-0.39, 0.29) is 24.3 Å². The van der Waals surface area contributed by atoms with E-state index < -0.39 is 0 Å². The van der Waals surface area contributed by atoms with E-state index in [1.807, 2.05) is 48.5 Å². The summed E-state index contributed by atoms with van der Waals surface area (Å²) in [5.41, 5.74) is 9.41. The highest BCUT2D eigenvalue weighted by molar-refractivity contribution is 6.16. The molecule has 0 aliphatic rings. The van der Waals surface area contributed by atoms with Gasteiger partial charge in [0.1, 0.15) is 12.1 Å². The van der Waals surface area contributed by atoms with Crippen LogP contribution >= 0.6 is 0 Å². The minimum Gasteiger partial charge on any atom is -0.377 e.